The summed E-state index contributed by atoms with van der Waals surface area (Å²) < 4.78 is 10.3. The fraction of sp³-hybridized carbons (Fsp3) is 0.0909. The zero-order valence-electron chi connectivity index (χ0n) is 46.1. The molecule has 0 aromatic heterocycles. The Hall–Kier alpha value is -7.55. The van der Waals surface area contributed by atoms with Crippen LogP contribution in [-0.4, -0.2) is 101 Å². The second-order valence-corrected chi connectivity index (χ2v) is 45.3. The molecule has 0 atom stereocenters. The summed E-state index contributed by atoms with van der Waals surface area (Å²) in [5.41, 5.74) is 6.09. The molecular weight excluding hydrogens is 1600 g/mol. The molecule has 7 aromatic rings. The number of carbonyl (C=O) groups is 6. The summed E-state index contributed by atoms with van der Waals surface area (Å²) in [6, 6.07) is 55.5. The van der Waals surface area contributed by atoms with Crippen LogP contribution in [0, 0.1) is 0 Å². The van der Waals surface area contributed by atoms with Crippen molar-refractivity contribution in [3.8, 4) is 0 Å². The summed E-state index contributed by atoms with van der Waals surface area (Å²) in [6.45, 7) is 32.9. The Bertz CT molecular complexity index is 3040. The normalized spacial score (nSPS) is 10.8. The van der Waals surface area contributed by atoms with Crippen molar-refractivity contribution in [3.63, 3.8) is 0 Å². The zero-order chi connectivity index (χ0) is 58.7. The van der Waals surface area contributed by atoms with E-state index < -0.39 is 65.3 Å². The molecule has 81 heavy (non-hydrogen) atoms. The molecule has 0 aliphatic rings. The van der Waals surface area contributed by atoms with Gasteiger partial charge in [0, 0.05) is 0 Å². The summed E-state index contributed by atoms with van der Waals surface area (Å²) in [5.74, 6) is -1.67. The Labute approximate surface area is 498 Å². The van der Waals surface area contributed by atoms with E-state index in [0.29, 0.717) is 67.6 Å². The quantitative estimate of drug-likeness (QED) is 0.0363. The molecule has 0 saturated carbocycles. The number of carbonyl (C=O) groups excluding carboxylic acids is 6. The van der Waals surface area contributed by atoms with E-state index in [0.717, 1.165) is 19.6 Å². The van der Waals surface area contributed by atoms with Crippen LogP contribution >= 0.6 is 0 Å². The van der Waals surface area contributed by atoms with Crippen molar-refractivity contribution in [1.29, 1.82) is 0 Å². The third kappa shape index (κ3) is 16.3. The second-order valence-electron chi connectivity index (χ2n) is 19.4. The number of nitrogens with one attached hydrogen (secondary N) is 6. The third-order valence-electron chi connectivity index (χ3n) is 12.3. The number of hydrogen-bond acceptors (Lipinski definition) is 6. The summed E-state index contributed by atoms with van der Waals surface area (Å²) in [7, 11) is 0. The van der Waals surface area contributed by atoms with Crippen LogP contribution in [0.3, 0.4) is 0 Å². The Balaban J connectivity index is 1.54. The molecule has 0 spiro atoms. The van der Waals surface area contributed by atoms with Crippen molar-refractivity contribution in [1.82, 2.24) is 0 Å². The average molecular weight is 1660 g/mol. The van der Waals surface area contributed by atoms with Gasteiger partial charge >= 0.3 is 503 Å². The first-order valence-corrected chi connectivity index (χ1v) is 41.2. The molecule has 408 valence electrons. The van der Waals surface area contributed by atoms with Crippen molar-refractivity contribution >= 4 is 164 Å². The molecule has 15 heteroatoms. The van der Waals surface area contributed by atoms with Crippen molar-refractivity contribution in [2.45, 2.75) is 41.5 Å². The van der Waals surface area contributed by atoms with Crippen LogP contribution in [0.4, 0.5) is 34.1 Å². The van der Waals surface area contributed by atoms with Crippen LogP contribution in [0.25, 0.3) is 0 Å². The fourth-order valence-electron chi connectivity index (χ4n) is 7.90. The van der Waals surface area contributed by atoms with Gasteiger partial charge in [0.25, 0.3) is 0 Å². The summed E-state index contributed by atoms with van der Waals surface area (Å²) in [5, 5.41) is 17.8. The summed E-state index contributed by atoms with van der Waals surface area (Å²) in [6.07, 6.45) is 0. The third-order valence-corrected chi connectivity index (χ3v) is 40.3. The molecule has 6 amide bonds. The summed E-state index contributed by atoms with van der Waals surface area (Å²) >= 11 is -10.6. The van der Waals surface area contributed by atoms with Crippen LogP contribution in [0.5, 0.6) is 0 Å². The molecule has 0 fully saturated rings. The molecule has 0 heterocycles. The Morgan fingerprint density at radius 2 is 0.358 bits per heavy atom. The Morgan fingerprint density at radius 3 is 0.469 bits per heavy atom. The molecule has 0 saturated heterocycles. The molecule has 7 rings (SSSR count). The fourth-order valence-corrected chi connectivity index (χ4v) is 40.1. The van der Waals surface area contributed by atoms with Gasteiger partial charge in [0.1, 0.15) is 0 Å². The minimum atomic E-state index is -3.52. The van der Waals surface area contributed by atoms with Crippen molar-refractivity contribution < 1.29 is 28.8 Å². The van der Waals surface area contributed by atoms with Crippen LogP contribution < -0.4 is 61.3 Å². The average Bonchev–Trinajstić information content (AvgIpc) is 3.56. The Kier molecular flexibility index (Phi) is 20.9. The summed E-state index contributed by atoms with van der Waals surface area (Å²) in [4.78, 5) is 77.1. The van der Waals surface area contributed by atoms with Gasteiger partial charge < -0.3 is 0 Å². The zero-order valence-corrected chi connectivity index (χ0v) is 56.6. The van der Waals surface area contributed by atoms with E-state index >= 15 is 0 Å². The van der Waals surface area contributed by atoms with E-state index in [1.54, 1.807) is 41.5 Å². The van der Waals surface area contributed by atoms with E-state index in [-0.39, 0.29) is 35.4 Å². The molecule has 7 aromatic carbocycles. The number of hydrogen-bond donors (Lipinski definition) is 6. The number of benzene rings is 7. The topological polar surface area (TPSA) is 175 Å². The first-order chi connectivity index (χ1) is 38.5. The standard InChI is InChI=1S/6C10H10NO.C6H3.3Bi/c6*1-8(2)10(12)11-9-6-4-3-5-7-9;1-2-4-6-5-3-1;;;/h6*4-7H,1H2,2H3,(H,11,12);1,4-5H;;;. The van der Waals surface area contributed by atoms with Crippen molar-refractivity contribution in [3.05, 3.63) is 237 Å². The SMILES string of the molecule is C=C(C)C(=O)Nc1cc[c]([Bi]([c]2ccc(NC(=O)C(=C)C)cc2)[c]2c[c]([Bi]([c]3ccc(NC(=O)C(=C)C)cc3)[c]3ccc(NC(=O)C(=C)C)cc3)c[c]([Bi]([c]3ccc(NC(=O)C(=C)C)cc3)[c]3ccc(NC(=O)C(=C)C)cc3)c2)cc1. The minimum absolute atomic E-state index is 0.279. The van der Waals surface area contributed by atoms with Gasteiger partial charge in [-0.1, -0.05) is 0 Å². The number of rotatable bonds is 21. The van der Waals surface area contributed by atoms with E-state index in [2.05, 4.69) is 162 Å². The van der Waals surface area contributed by atoms with Gasteiger partial charge in [-0.15, -0.1) is 0 Å². The molecule has 0 bridgehead atoms. The van der Waals surface area contributed by atoms with E-state index in [9.17, 15) is 28.8 Å². The van der Waals surface area contributed by atoms with Gasteiger partial charge in [-0.05, 0) is 0 Å². The Morgan fingerprint density at radius 1 is 0.235 bits per heavy atom. The van der Waals surface area contributed by atoms with Crippen LogP contribution in [0.1, 0.15) is 41.5 Å². The predicted molar refractivity (Wildman–Crippen MR) is 340 cm³/mol. The van der Waals surface area contributed by atoms with Crippen LogP contribution in [-0.2, 0) is 28.8 Å². The number of amides is 6. The van der Waals surface area contributed by atoms with E-state index in [1.807, 2.05) is 72.8 Å². The number of anilines is 6. The molecule has 0 aliphatic carbocycles. The van der Waals surface area contributed by atoms with Crippen LogP contribution in [0.15, 0.2) is 237 Å². The molecule has 0 aliphatic heterocycles. The van der Waals surface area contributed by atoms with E-state index in [1.165, 1.54) is 9.81 Å². The maximum atomic E-state index is 12.9. The second kappa shape index (κ2) is 27.7. The van der Waals surface area contributed by atoms with Crippen molar-refractivity contribution in [2.75, 3.05) is 31.9 Å². The first kappa shape index (κ1) is 61.1. The molecule has 6 N–H and O–H groups in total. The maximum absolute atomic E-state index is 12.9. The van der Waals surface area contributed by atoms with Gasteiger partial charge in [0.05, 0.1) is 0 Å². The predicted octanol–water partition coefficient (Wildman–Crippen LogP) is 6.32. The van der Waals surface area contributed by atoms with Crippen molar-refractivity contribution in [2.24, 2.45) is 0 Å². The van der Waals surface area contributed by atoms with Gasteiger partial charge in [0.15, 0.2) is 0 Å². The van der Waals surface area contributed by atoms with Gasteiger partial charge in [0.2, 0.25) is 0 Å². The molecule has 0 radical (unpaired) electrons. The monoisotopic (exact) mass is 1660 g/mol. The van der Waals surface area contributed by atoms with Gasteiger partial charge in [-0.3, -0.25) is 0 Å². The molecule has 0 unspecified atom stereocenters. The van der Waals surface area contributed by atoms with Gasteiger partial charge in [-0.2, -0.15) is 0 Å². The van der Waals surface area contributed by atoms with E-state index in [4.69, 9.17) is 0 Å². The molecule has 12 nitrogen and oxygen atoms in total. The van der Waals surface area contributed by atoms with Crippen LogP contribution in [0.2, 0.25) is 0 Å². The van der Waals surface area contributed by atoms with Gasteiger partial charge in [-0.25, -0.2) is 0 Å². The molecular formula is C66H63Bi3N6O6. The first-order valence-electron chi connectivity index (χ1n) is 25.5.